The van der Waals surface area contributed by atoms with E-state index < -0.39 is 5.63 Å². The van der Waals surface area contributed by atoms with Crippen molar-refractivity contribution < 1.29 is 18.4 Å². The van der Waals surface area contributed by atoms with Crippen molar-refractivity contribution in [1.82, 2.24) is 14.7 Å². The minimum absolute atomic E-state index is 0.0125. The Morgan fingerprint density at radius 2 is 2.07 bits per heavy atom. The molecule has 1 amide bonds. The van der Waals surface area contributed by atoms with Crippen molar-refractivity contribution in [1.29, 1.82) is 0 Å². The molecule has 4 aromatic rings. The van der Waals surface area contributed by atoms with Gasteiger partial charge >= 0.3 is 5.63 Å². The van der Waals surface area contributed by atoms with Gasteiger partial charge in [0, 0.05) is 19.0 Å². The van der Waals surface area contributed by atoms with E-state index in [-0.39, 0.29) is 12.5 Å². The Morgan fingerprint density at radius 1 is 1.21 bits per heavy atom. The first-order valence-corrected chi connectivity index (χ1v) is 8.84. The summed E-state index contributed by atoms with van der Waals surface area (Å²) in [6.45, 7) is 1.13. The third-order valence-electron chi connectivity index (χ3n) is 4.53. The lowest BCUT2D eigenvalue weighted by Gasteiger charge is -2.21. The molecule has 0 saturated heterocycles. The summed E-state index contributed by atoms with van der Waals surface area (Å²) in [7, 11) is 1.59. The van der Waals surface area contributed by atoms with Crippen LogP contribution in [0.1, 0.15) is 5.76 Å². The SMILES string of the molecule is COCCN(Cc1ccco1)C(=O)Cn1ncc2c(=O)oc3ccccc3c21. The number of carbonyl (C=O) groups excluding carboxylic acids is 1. The quantitative estimate of drug-likeness (QED) is 0.457. The number of methoxy groups -OCH3 is 1. The fourth-order valence-electron chi connectivity index (χ4n) is 3.16. The predicted octanol–water partition coefficient (Wildman–Crippen LogP) is 2.41. The lowest BCUT2D eigenvalue weighted by Crippen LogP contribution is -2.36. The number of benzene rings is 1. The maximum Gasteiger partial charge on any atom is 0.347 e. The summed E-state index contributed by atoms with van der Waals surface area (Å²) in [6.07, 6.45) is 3.01. The lowest BCUT2D eigenvalue weighted by atomic mass is 10.2. The van der Waals surface area contributed by atoms with Gasteiger partial charge in [-0.15, -0.1) is 0 Å². The molecule has 4 rings (SSSR count). The summed E-state index contributed by atoms with van der Waals surface area (Å²) in [5.41, 5.74) is 0.574. The summed E-state index contributed by atoms with van der Waals surface area (Å²) in [6, 6.07) is 10.8. The lowest BCUT2D eigenvalue weighted by molar-refractivity contribution is -0.133. The molecule has 8 heteroatoms. The fraction of sp³-hybridized carbons (Fsp3) is 0.250. The molecule has 28 heavy (non-hydrogen) atoms. The molecule has 0 bridgehead atoms. The molecule has 144 valence electrons. The number of hydrogen-bond acceptors (Lipinski definition) is 6. The van der Waals surface area contributed by atoms with Gasteiger partial charge in [0.2, 0.25) is 5.91 Å². The predicted molar refractivity (Wildman–Crippen MR) is 102 cm³/mol. The van der Waals surface area contributed by atoms with E-state index >= 15 is 0 Å². The van der Waals surface area contributed by atoms with Gasteiger partial charge in [0.1, 0.15) is 23.3 Å². The Balaban J connectivity index is 1.67. The van der Waals surface area contributed by atoms with Crippen molar-refractivity contribution in [3.8, 4) is 0 Å². The Morgan fingerprint density at radius 3 is 2.86 bits per heavy atom. The van der Waals surface area contributed by atoms with Crippen molar-refractivity contribution in [3.63, 3.8) is 0 Å². The molecule has 0 N–H and O–H groups in total. The van der Waals surface area contributed by atoms with Crippen LogP contribution in [0.2, 0.25) is 0 Å². The number of amides is 1. The van der Waals surface area contributed by atoms with E-state index in [9.17, 15) is 9.59 Å². The summed E-state index contributed by atoms with van der Waals surface area (Å²) < 4.78 is 17.4. The van der Waals surface area contributed by atoms with E-state index in [0.717, 1.165) is 5.39 Å². The number of furan rings is 1. The van der Waals surface area contributed by atoms with Gasteiger partial charge < -0.3 is 18.5 Å². The second-order valence-corrected chi connectivity index (χ2v) is 6.34. The first kappa shape index (κ1) is 18.0. The average molecular weight is 381 g/mol. The summed E-state index contributed by atoms with van der Waals surface area (Å²) in [5.74, 6) is 0.525. The average Bonchev–Trinajstić information content (AvgIpc) is 3.35. The molecule has 0 unspecified atom stereocenters. The van der Waals surface area contributed by atoms with Crippen LogP contribution in [0.25, 0.3) is 21.9 Å². The minimum Gasteiger partial charge on any atom is -0.467 e. The Kier molecular flexibility index (Phi) is 4.94. The molecule has 0 saturated carbocycles. The van der Waals surface area contributed by atoms with E-state index in [4.69, 9.17) is 13.6 Å². The zero-order valence-electron chi connectivity index (χ0n) is 15.3. The van der Waals surface area contributed by atoms with Crippen LogP contribution in [0.5, 0.6) is 0 Å². The van der Waals surface area contributed by atoms with Gasteiger partial charge in [-0.05, 0) is 24.3 Å². The number of nitrogens with zero attached hydrogens (tertiary/aromatic N) is 3. The molecule has 3 aromatic heterocycles. The van der Waals surface area contributed by atoms with E-state index in [1.54, 1.807) is 41.2 Å². The molecular formula is C20H19N3O5. The van der Waals surface area contributed by atoms with Crippen LogP contribution < -0.4 is 5.63 Å². The summed E-state index contributed by atoms with van der Waals surface area (Å²) in [4.78, 5) is 26.9. The highest BCUT2D eigenvalue weighted by molar-refractivity contribution is 6.02. The molecule has 0 atom stereocenters. The van der Waals surface area contributed by atoms with Crippen LogP contribution in [-0.2, 0) is 22.6 Å². The van der Waals surface area contributed by atoms with Gasteiger partial charge in [0.05, 0.1) is 31.1 Å². The fourth-order valence-corrected chi connectivity index (χ4v) is 3.16. The van der Waals surface area contributed by atoms with E-state index in [1.807, 2.05) is 18.2 Å². The van der Waals surface area contributed by atoms with Gasteiger partial charge in [-0.3, -0.25) is 9.48 Å². The molecule has 0 aliphatic heterocycles. The normalized spacial score (nSPS) is 11.3. The summed E-state index contributed by atoms with van der Waals surface area (Å²) >= 11 is 0. The van der Waals surface area contributed by atoms with Gasteiger partial charge in [0.25, 0.3) is 0 Å². The highest BCUT2D eigenvalue weighted by Crippen LogP contribution is 2.22. The monoisotopic (exact) mass is 381 g/mol. The molecule has 0 fully saturated rings. The zero-order valence-corrected chi connectivity index (χ0v) is 15.3. The Bertz CT molecular complexity index is 1160. The van der Waals surface area contributed by atoms with Crippen LogP contribution in [0.3, 0.4) is 0 Å². The number of aromatic nitrogens is 2. The smallest absolute Gasteiger partial charge is 0.347 e. The van der Waals surface area contributed by atoms with Crippen LogP contribution in [0, 0.1) is 0 Å². The molecule has 0 aliphatic carbocycles. The molecular weight excluding hydrogens is 362 g/mol. The highest BCUT2D eigenvalue weighted by atomic mass is 16.5. The van der Waals surface area contributed by atoms with E-state index in [1.165, 1.54) is 6.20 Å². The van der Waals surface area contributed by atoms with Crippen LogP contribution >= 0.6 is 0 Å². The highest BCUT2D eigenvalue weighted by Gasteiger charge is 2.19. The minimum atomic E-state index is -0.473. The molecule has 0 aliphatic rings. The maximum atomic E-state index is 13.0. The number of para-hydroxylation sites is 1. The Hall–Kier alpha value is -3.39. The molecule has 3 heterocycles. The van der Waals surface area contributed by atoms with Crippen molar-refractivity contribution >= 4 is 27.8 Å². The molecule has 0 spiro atoms. The summed E-state index contributed by atoms with van der Waals surface area (Å²) in [5, 5.41) is 5.34. The first-order chi connectivity index (χ1) is 13.7. The van der Waals surface area contributed by atoms with Crippen LogP contribution in [0.4, 0.5) is 0 Å². The molecule has 0 radical (unpaired) electrons. The van der Waals surface area contributed by atoms with Crippen molar-refractivity contribution in [2.24, 2.45) is 0 Å². The van der Waals surface area contributed by atoms with Gasteiger partial charge in [-0.2, -0.15) is 5.10 Å². The number of ether oxygens (including phenoxy) is 1. The second-order valence-electron chi connectivity index (χ2n) is 6.34. The topological polar surface area (TPSA) is 90.7 Å². The maximum absolute atomic E-state index is 13.0. The zero-order chi connectivity index (χ0) is 19.5. The number of hydrogen-bond donors (Lipinski definition) is 0. The molecule has 1 aromatic carbocycles. The molecule has 8 nitrogen and oxygen atoms in total. The third kappa shape index (κ3) is 3.41. The number of carbonyl (C=O) groups is 1. The van der Waals surface area contributed by atoms with Crippen molar-refractivity contribution in [2.45, 2.75) is 13.1 Å². The van der Waals surface area contributed by atoms with Crippen LogP contribution in [-0.4, -0.2) is 40.8 Å². The standard InChI is InChI=1S/C20H19N3O5/c1-26-10-8-22(12-14-5-4-9-27-14)18(24)13-23-19-15-6-2-3-7-17(15)28-20(25)16(19)11-21-23/h2-7,9,11H,8,10,12-13H2,1H3. The van der Waals surface area contributed by atoms with Gasteiger partial charge in [-0.25, -0.2) is 4.79 Å². The van der Waals surface area contributed by atoms with Crippen molar-refractivity contribution in [2.75, 3.05) is 20.3 Å². The van der Waals surface area contributed by atoms with Gasteiger partial charge in [0.15, 0.2) is 0 Å². The van der Waals surface area contributed by atoms with Crippen molar-refractivity contribution in [3.05, 3.63) is 65.0 Å². The Labute approximate surface area is 159 Å². The first-order valence-electron chi connectivity index (χ1n) is 8.84. The number of fused-ring (bicyclic) bond motifs is 3. The second kappa shape index (κ2) is 7.69. The third-order valence-corrected chi connectivity index (χ3v) is 4.53. The number of rotatable bonds is 7. The van der Waals surface area contributed by atoms with Gasteiger partial charge in [-0.1, -0.05) is 12.1 Å². The van der Waals surface area contributed by atoms with E-state index in [2.05, 4.69) is 5.10 Å². The van der Waals surface area contributed by atoms with E-state index in [0.29, 0.717) is 41.9 Å². The largest absolute Gasteiger partial charge is 0.467 e. The van der Waals surface area contributed by atoms with Crippen LogP contribution in [0.15, 0.2) is 62.5 Å².